The summed E-state index contributed by atoms with van der Waals surface area (Å²) in [6.07, 6.45) is 2.94. The fourth-order valence-electron chi connectivity index (χ4n) is 3.53. The van der Waals surface area contributed by atoms with Gasteiger partial charge in [0.2, 0.25) is 0 Å². The number of aromatic nitrogens is 2. The predicted molar refractivity (Wildman–Crippen MR) is 114 cm³/mol. The number of imidazole rings is 1. The van der Waals surface area contributed by atoms with Crippen molar-refractivity contribution in [3.8, 4) is 0 Å². The summed E-state index contributed by atoms with van der Waals surface area (Å²) >= 11 is 6.17. The molecule has 4 rings (SSSR count). The maximum absolute atomic E-state index is 12.9. The fraction of sp³-hybridized carbons (Fsp3) is 0.238. The molecule has 1 aromatic heterocycles. The van der Waals surface area contributed by atoms with Gasteiger partial charge in [-0.15, -0.1) is 0 Å². The number of nitrogens with zero attached hydrogens (tertiary/aromatic N) is 3. The molecule has 0 spiro atoms. The Morgan fingerprint density at radius 2 is 1.80 bits per heavy atom. The van der Waals surface area contributed by atoms with Crippen LogP contribution in [0.2, 0.25) is 5.02 Å². The van der Waals surface area contributed by atoms with Crippen LogP contribution in [0.1, 0.15) is 22.0 Å². The molecule has 0 radical (unpaired) electrons. The number of carbonyl (C=O) groups excluding carboxylic acids is 1. The van der Waals surface area contributed by atoms with Crippen LogP contribution in [0.5, 0.6) is 0 Å². The van der Waals surface area contributed by atoms with E-state index >= 15 is 0 Å². The zero-order chi connectivity index (χ0) is 21.3. The molecular formula is C21H21ClN4O3S. The molecule has 1 atom stereocenters. The Morgan fingerprint density at radius 3 is 2.43 bits per heavy atom. The van der Waals surface area contributed by atoms with Crippen LogP contribution in [0.3, 0.4) is 0 Å². The van der Waals surface area contributed by atoms with E-state index in [2.05, 4.69) is 10.3 Å². The highest BCUT2D eigenvalue weighted by Gasteiger charge is 2.42. The number of halogens is 1. The van der Waals surface area contributed by atoms with E-state index in [1.807, 2.05) is 30.3 Å². The number of benzene rings is 2. The maximum Gasteiger partial charge on any atom is 0.262 e. The second-order valence-electron chi connectivity index (χ2n) is 7.30. The van der Waals surface area contributed by atoms with Gasteiger partial charge in [0.05, 0.1) is 23.0 Å². The minimum Gasteiger partial charge on any atom is -0.345 e. The topological polar surface area (TPSA) is 84.3 Å². The summed E-state index contributed by atoms with van der Waals surface area (Å²) in [5, 5.41) is 3.44. The van der Waals surface area contributed by atoms with Gasteiger partial charge in [0, 0.05) is 32.3 Å². The Hall–Kier alpha value is -2.68. The van der Waals surface area contributed by atoms with Crippen LogP contribution in [0.15, 0.2) is 72.1 Å². The Labute approximate surface area is 180 Å². The van der Waals surface area contributed by atoms with Gasteiger partial charge in [-0.1, -0.05) is 54.1 Å². The standard InChI is InChI=1S/C21H21ClN4O3S/c1-25-13-19(23-14-25)30(28,29)26-11-16(12-26)20(15-7-3-2-4-8-15)24-21(27)17-9-5-6-10-18(17)22/h2-10,13-14,16,20H,11-12H2,1H3,(H,24,27). The summed E-state index contributed by atoms with van der Waals surface area (Å²) in [5.41, 5.74) is 1.30. The molecule has 9 heteroatoms. The van der Waals surface area contributed by atoms with Gasteiger partial charge in [-0.25, -0.2) is 13.4 Å². The molecule has 1 N–H and O–H groups in total. The lowest BCUT2D eigenvalue weighted by molar-refractivity contribution is 0.0872. The third kappa shape index (κ3) is 3.98. The molecule has 0 bridgehead atoms. The molecule has 1 unspecified atom stereocenters. The van der Waals surface area contributed by atoms with Gasteiger partial charge in [-0.3, -0.25) is 4.79 Å². The van der Waals surface area contributed by atoms with E-state index in [0.717, 1.165) is 5.56 Å². The smallest absolute Gasteiger partial charge is 0.262 e. The third-order valence-electron chi connectivity index (χ3n) is 5.20. The summed E-state index contributed by atoms with van der Waals surface area (Å²) in [6.45, 7) is 0.586. The number of aryl methyl sites for hydroxylation is 1. The molecule has 1 fully saturated rings. The molecule has 1 aliphatic heterocycles. The monoisotopic (exact) mass is 444 g/mol. The number of hydrogen-bond acceptors (Lipinski definition) is 4. The van der Waals surface area contributed by atoms with Crippen LogP contribution < -0.4 is 5.32 Å². The van der Waals surface area contributed by atoms with Crippen molar-refractivity contribution < 1.29 is 13.2 Å². The molecule has 2 heterocycles. The first-order chi connectivity index (χ1) is 14.4. The second kappa shape index (κ2) is 8.22. The van der Waals surface area contributed by atoms with Gasteiger partial charge in [0.15, 0.2) is 5.03 Å². The lowest BCUT2D eigenvalue weighted by atomic mass is 9.88. The fourth-order valence-corrected chi connectivity index (χ4v) is 5.27. The Bertz CT molecular complexity index is 1160. The van der Waals surface area contributed by atoms with E-state index in [0.29, 0.717) is 23.7 Å². The van der Waals surface area contributed by atoms with Crippen molar-refractivity contribution >= 4 is 27.5 Å². The Kier molecular flexibility index (Phi) is 5.64. The van der Waals surface area contributed by atoms with E-state index in [1.54, 1.807) is 35.9 Å². The molecule has 30 heavy (non-hydrogen) atoms. The Morgan fingerprint density at radius 1 is 1.13 bits per heavy atom. The van der Waals surface area contributed by atoms with Crippen molar-refractivity contribution in [2.75, 3.05) is 13.1 Å². The minimum atomic E-state index is -3.65. The minimum absolute atomic E-state index is 0.0276. The first kappa shape index (κ1) is 20.6. The second-order valence-corrected chi connectivity index (χ2v) is 9.59. The van der Waals surface area contributed by atoms with Crippen LogP contribution in [-0.2, 0) is 17.1 Å². The number of hydrogen-bond donors (Lipinski definition) is 1. The van der Waals surface area contributed by atoms with E-state index in [4.69, 9.17) is 11.6 Å². The van der Waals surface area contributed by atoms with Crippen molar-refractivity contribution in [2.45, 2.75) is 11.1 Å². The Balaban J connectivity index is 1.54. The van der Waals surface area contributed by atoms with E-state index in [-0.39, 0.29) is 22.9 Å². The van der Waals surface area contributed by atoms with E-state index in [9.17, 15) is 13.2 Å². The van der Waals surface area contributed by atoms with Gasteiger partial charge < -0.3 is 9.88 Å². The van der Waals surface area contributed by atoms with Gasteiger partial charge in [-0.2, -0.15) is 4.31 Å². The van der Waals surface area contributed by atoms with Crippen LogP contribution in [0, 0.1) is 5.92 Å². The number of carbonyl (C=O) groups is 1. The summed E-state index contributed by atoms with van der Waals surface area (Å²) < 4.78 is 28.5. The molecule has 1 saturated heterocycles. The summed E-state index contributed by atoms with van der Waals surface area (Å²) in [7, 11) is -1.93. The SMILES string of the molecule is Cn1cnc(S(=O)(=O)N2CC(C(NC(=O)c3ccccc3Cl)c3ccccc3)C2)c1. The van der Waals surface area contributed by atoms with Crippen molar-refractivity contribution in [3.63, 3.8) is 0 Å². The summed E-state index contributed by atoms with van der Waals surface area (Å²) in [5.74, 6) is -0.363. The lowest BCUT2D eigenvalue weighted by Crippen LogP contribution is -2.54. The van der Waals surface area contributed by atoms with Crippen LogP contribution in [-0.4, -0.2) is 41.3 Å². The molecule has 1 amide bonds. The predicted octanol–water partition coefficient (Wildman–Crippen LogP) is 2.87. The van der Waals surface area contributed by atoms with Crippen LogP contribution in [0.25, 0.3) is 0 Å². The highest BCUT2D eigenvalue weighted by molar-refractivity contribution is 7.89. The molecular weight excluding hydrogens is 424 g/mol. The number of rotatable bonds is 6. The molecule has 7 nitrogen and oxygen atoms in total. The third-order valence-corrected chi connectivity index (χ3v) is 7.24. The van der Waals surface area contributed by atoms with Gasteiger partial charge in [-0.05, 0) is 17.7 Å². The average molecular weight is 445 g/mol. The van der Waals surface area contributed by atoms with Crippen LogP contribution >= 0.6 is 11.6 Å². The van der Waals surface area contributed by atoms with E-state index < -0.39 is 10.0 Å². The average Bonchev–Trinajstić information content (AvgIpc) is 3.14. The number of nitrogens with one attached hydrogen (secondary N) is 1. The highest BCUT2D eigenvalue weighted by atomic mass is 35.5. The lowest BCUT2D eigenvalue weighted by Gasteiger charge is -2.42. The molecule has 156 valence electrons. The van der Waals surface area contributed by atoms with E-state index in [1.165, 1.54) is 16.8 Å². The van der Waals surface area contributed by atoms with Crippen molar-refractivity contribution in [2.24, 2.45) is 13.0 Å². The molecule has 2 aromatic carbocycles. The van der Waals surface area contributed by atoms with Crippen LogP contribution in [0.4, 0.5) is 0 Å². The van der Waals surface area contributed by atoms with Gasteiger partial charge in [0.25, 0.3) is 15.9 Å². The summed E-state index contributed by atoms with van der Waals surface area (Å²) in [4.78, 5) is 16.8. The molecule has 0 aliphatic carbocycles. The maximum atomic E-state index is 12.9. The first-order valence-corrected chi connectivity index (χ1v) is 11.3. The number of amides is 1. The zero-order valence-corrected chi connectivity index (χ0v) is 17.8. The summed E-state index contributed by atoms with van der Waals surface area (Å²) in [6, 6.07) is 16.0. The molecule has 3 aromatic rings. The zero-order valence-electron chi connectivity index (χ0n) is 16.3. The molecule has 0 saturated carbocycles. The van der Waals surface area contributed by atoms with Gasteiger partial charge >= 0.3 is 0 Å². The number of sulfonamides is 1. The first-order valence-electron chi connectivity index (χ1n) is 9.44. The largest absolute Gasteiger partial charge is 0.345 e. The normalized spacial score (nSPS) is 16.1. The van der Waals surface area contributed by atoms with Crippen molar-refractivity contribution in [3.05, 3.63) is 83.3 Å². The highest BCUT2D eigenvalue weighted by Crippen LogP contribution is 2.34. The molecule has 1 aliphatic rings. The van der Waals surface area contributed by atoms with Crippen molar-refractivity contribution in [1.29, 1.82) is 0 Å². The van der Waals surface area contributed by atoms with Gasteiger partial charge in [0.1, 0.15) is 0 Å². The van der Waals surface area contributed by atoms with Crippen molar-refractivity contribution in [1.82, 2.24) is 19.2 Å². The quantitative estimate of drug-likeness (QED) is 0.633.